The molecule has 2 atom stereocenters. The molecule has 0 bridgehead atoms. The Bertz CT molecular complexity index is 1110. The van der Waals surface area contributed by atoms with Crippen molar-refractivity contribution in [1.29, 1.82) is 0 Å². The second-order valence-corrected chi connectivity index (χ2v) is 7.71. The van der Waals surface area contributed by atoms with Crippen LogP contribution in [0.1, 0.15) is 38.2 Å². The first-order valence-electron chi connectivity index (χ1n) is 9.13. The van der Waals surface area contributed by atoms with E-state index in [2.05, 4.69) is 42.5 Å². The van der Waals surface area contributed by atoms with Crippen LogP contribution < -0.4 is 4.74 Å². The van der Waals surface area contributed by atoms with Crippen molar-refractivity contribution in [3.05, 3.63) is 100 Å². The van der Waals surface area contributed by atoms with Gasteiger partial charge in [0.1, 0.15) is 5.75 Å². The summed E-state index contributed by atoms with van der Waals surface area (Å²) in [6, 6.07) is 23.0. The van der Waals surface area contributed by atoms with Crippen molar-refractivity contribution in [3.8, 4) is 5.75 Å². The number of carbonyl (C=O) groups excluding carboxylic acids is 1. The molecule has 0 radical (unpaired) electrons. The van der Waals surface area contributed by atoms with Crippen molar-refractivity contribution in [1.82, 2.24) is 0 Å². The first kappa shape index (κ1) is 14.3. The molecule has 0 spiro atoms. The fraction of sp³-hybridized carbons (Fsp3) is 0.208. The van der Waals surface area contributed by atoms with Crippen LogP contribution in [0.15, 0.2) is 66.7 Å². The quantitative estimate of drug-likeness (QED) is 0.660. The fourth-order valence-corrected chi connectivity index (χ4v) is 6.10. The molecule has 3 aromatic carbocycles. The van der Waals surface area contributed by atoms with Gasteiger partial charge in [-0.3, -0.25) is 4.79 Å². The zero-order valence-electron chi connectivity index (χ0n) is 14.6. The van der Waals surface area contributed by atoms with Gasteiger partial charge in [0.2, 0.25) is 0 Å². The van der Waals surface area contributed by atoms with Gasteiger partial charge >= 0.3 is 0 Å². The first-order chi connectivity index (χ1) is 12.7. The largest absolute Gasteiger partial charge is 0.496 e. The smallest absolute Gasteiger partial charge is 0.171 e. The lowest BCUT2D eigenvalue weighted by Gasteiger charge is -2.36. The SMILES string of the molecule is COc1cccc2c1C13c4ccccc4CC1(C2)C(=O)c1ccccc13. The Kier molecular flexibility index (Phi) is 2.45. The minimum absolute atomic E-state index is 0.294. The van der Waals surface area contributed by atoms with Crippen molar-refractivity contribution in [2.45, 2.75) is 18.3 Å². The number of hydrogen-bond acceptors (Lipinski definition) is 2. The van der Waals surface area contributed by atoms with Crippen LogP contribution in [-0.2, 0) is 18.3 Å². The van der Waals surface area contributed by atoms with Gasteiger partial charge in [-0.15, -0.1) is 0 Å². The van der Waals surface area contributed by atoms with Gasteiger partial charge in [-0.25, -0.2) is 0 Å². The molecule has 0 saturated carbocycles. The molecule has 0 amide bonds. The van der Waals surface area contributed by atoms with Crippen LogP contribution in [0.5, 0.6) is 5.75 Å². The Morgan fingerprint density at radius 3 is 2.35 bits per heavy atom. The molecular weight excluding hydrogens is 320 g/mol. The lowest BCUT2D eigenvalue weighted by atomic mass is 9.63. The summed E-state index contributed by atoms with van der Waals surface area (Å²) in [4.78, 5) is 13.8. The van der Waals surface area contributed by atoms with E-state index in [0.29, 0.717) is 5.78 Å². The summed E-state index contributed by atoms with van der Waals surface area (Å²) in [7, 11) is 1.73. The third-order valence-electron chi connectivity index (χ3n) is 6.84. The molecular formula is C24H18O2. The minimum Gasteiger partial charge on any atom is -0.496 e. The van der Waals surface area contributed by atoms with Gasteiger partial charge in [-0.05, 0) is 41.2 Å². The maximum atomic E-state index is 13.8. The Balaban J connectivity index is 1.86. The number of fused-ring (bicyclic) bond motifs is 3. The number of benzene rings is 3. The molecule has 3 aliphatic carbocycles. The van der Waals surface area contributed by atoms with E-state index in [9.17, 15) is 4.79 Å². The highest BCUT2D eigenvalue weighted by molar-refractivity contribution is 6.11. The average Bonchev–Trinajstić information content (AvgIpc) is 3.21. The van der Waals surface area contributed by atoms with Gasteiger partial charge in [-0.1, -0.05) is 60.7 Å². The van der Waals surface area contributed by atoms with Crippen LogP contribution in [0.2, 0.25) is 0 Å². The number of carbonyl (C=O) groups is 1. The Morgan fingerprint density at radius 1 is 0.808 bits per heavy atom. The number of hydrogen-bond donors (Lipinski definition) is 0. The maximum Gasteiger partial charge on any atom is 0.171 e. The molecule has 0 heterocycles. The molecule has 3 aliphatic rings. The van der Waals surface area contributed by atoms with E-state index < -0.39 is 10.8 Å². The average molecular weight is 338 g/mol. The predicted molar refractivity (Wildman–Crippen MR) is 99.9 cm³/mol. The summed E-state index contributed by atoms with van der Waals surface area (Å²) in [5, 5.41) is 0. The summed E-state index contributed by atoms with van der Waals surface area (Å²) in [6.07, 6.45) is 1.58. The van der Waals surface area contributed by atoms with E-state index in [1.54, 1.807) is 7.11 Å². The predicted octanol–water partition coefficient (Wildman–Crippen LogP) is 4.32. The molecule has 126 valence electrons. The van der Waals surface area contributed by atoms with Crippen LogP contribution in [0, 0.1) is 5.41 Å². The molecule has 0 aliphatic heterocycles. The normalized spacial score (nSPS) is 26.7. The Morgan fingerprint density at radius 2 is 1.50 bits per heavy atom. The number of ether oxygens (including phenoxy) is 1. The second kappa shape index (κ2) is 4.45. The van der Waals surface area contributed by atoms with Gasteiger partial charge < -0.3 is 4.74 Å². The summed E-state index contributed by atoms with van der Waals surface area (Å²) in [6.45, 7) is 0. The third kappa shape index (κ3) is 1.27. The second-order valence-electron chi connectivity index (χ2n) is 7.71. The molecule has 0 saturated heterocycles. The van der Waals surface area contributed by atoms with E-state index >= 15 is 0 Å². The van der Waals surface area contributed by atoms with E-state index in [-0.39, 0.29) is 0 Å². The van der Waals surface area contributed by atoms with Crippen molar-refractivity contribution in [2.24, 2.45) is 5.41 Å². The number of Topliss-reactive ketones (excluding diaryl/α,β-unsaturated/α-hetero) is 1. The lowest BCUT2D eigenvalue weighted by molar-refractivity contribution is 0.0789. The maximum absolute atomic E-state index is 13.8. The van der Waals surface area contributed by atoms with Crippen LogP contribution in [0.25, 0.3) is 0 Å². The number of rotatable bonds is 1. The molecule has 0 N–H and O–H groups in total. The van der Waals surface area contributed by atoms with E-state index in [1.165, 1.54) is 22.3 Å². The molecule has 3 aromatic rings. The van der Waals surface area contributed by atoms with Crippen LogP contribution >= 0.6 is 0 Å². The third-order valence-corrected chi connectivity index (χ3v) is 6.84. The lowest BCUT2D eigenvalue weighted by Crippen LogP contribution is -2.41. The van der Waals surface area contributed by atoms with Gasteiger partial charge in [-0.2, -0.15) is 0 Å². The molecule has 2 heteroatoms. The molecule has 0 aromatic heterocycles. The highest BCUT2D eigenvalue weighted by atomic mass is 16.5. The van der Waals surface area contributed by atoms with E-state index in [1.807, 2.05) is 24.3 Å². The molecule has 2 nitrogen and oxygen atoms in total. The Hall–Kier alpha value is -2.87. The van der Waals surface area contributed by atoms with Crippen LogP contribution in [0.4, 0.5) is 0 Å². The van der Waals surface area contributed by atoms with Crippen LogP contribution in [0.3, 0.4) is 0 Å². The van der Waals surface area contributed by atoms with E-state index in [0.717, 1.165) is 29.7 Å². The van der Waals surface area contributed by atoms with Crippen molar-refractivity contribution in [3.63, 3.8) is 0 Å². The van der Waals surface area contributed by atoms with Gasteiger partial charge in [0.05, 0.1) is 17.9 Å². The monoisotopic (exact) mass is 338 g/mol. The van der Waals surface area contributed by atoms with Gasteiger partial charge in [0.25, 0.3) is 0 Å². The zero-order chi connectivity index (χ0) is 17.5. The molecule has 2 unspecified atom stereocenters. The molecule has 26 heavy (non-hydrogen) atoms. The summed E-state index contributed by atoms with van der Waals surface area (Å²) >= 11 is 0. The summed E-state index contributed by atoms with van der Waals surface area (Å²) in [5.74, 6) is 1.19. The first-order valence-corrected chi connectivity index (χ1v) is 9.13. The molecule has 6 rings (SSSR count). The Labute approximate surface area is 152 Å². The highest BCUT2D eigenvalue weighted by Crippen LogP contribution is 2.71. The van der Waals surface area contributed by atoms with Crippen molar-refractivity contribution in [2.75, 3.05) is 7.11 Å². The highest BCUT2D eigenvalue weighted by Gasteiger charge is 2.72. The fourth-order valence-electron chi connectivity index (χ4n) is 6.10. The van der Waals surface area contributed by atoms with Gasteiger partial charge in [0.15, 0.2) is 5.78 Å². The number of ketones is 1. The topological polar surface area (TPSA) is 26.3 Å². The van der Waals surface area contributed by atoms with Crippen LogP contribution in [-0.4, -0.2) is 12.9 Å². The summed E-state index contributed by atoms with van der Waals surface area (Å²) < 4.78 is 5.82. The summed E-state index contributed by atoms with van der Waals surface area (Å²) in [5.41, 5.74) is 6.20. The van der Waals surface area contributed by atoms with Crippen molar-refractivity contribution < 1.29 is 9.53 Å². The molecule has 0 fully saturated rings. The van der Waals surface area contributed by atoms with Crippen molar-refractivity contribution >= 4 is 5.78 Å². The standard InChI is InChI=1S/C24H18O2/c1-26-20-12-6-8-16-14-23-13-15-7-2-4-10-18(15)24(23,21(16)20)19-11-5-3-9-17(19)22(23)25/h2-12H,13-14H2,1H3. The number of methoxy groups -OCH3 is 1. The minimum atomic E-state index is -0.447. The van der Waals surface area contributed by atoms with E-state index in [4.69, 9.17) is 4.74 Å². The van der Waals surface area contributed by atoms with Gasteiger partial charge in [0, 0.05) is 11.1 Å². The zero-order valence-corrected chi connectivity index (χ0v) is 14.6.